The molecule has 4 rings (SSSR count). The van der Waals surface area contributed by atoms with Crippen molar-refractivity contribution in [1.82, 2.24) is 25.0 Å². The van der Waals surface area contributed by atoms with Crippen molar-refractivity contribution >= 4 is 6.03 Å². The van der Waals surface area contributed by atoms with Gasteiger partial charge in [0.25, 0.3) is 0 Å². The summed E-state index contributed by atoms with van der Waals surface area (Å²) in [7, 11) is 0. The fourth-order valence-electron chi connectivity index (χ4n) is 3.61. The highest BCUT2D eigenvalue weighted by atomic mass is 19.1. The number of carbonyl (C=O) groups is 1. The number of halogens is 2. The van der Waals surface area contributed by atoms with Crippen LogP contribution in [-0.4, -0.2) is 32.2 Å². The molecule has 2 aliphatic rings. The molecule has 3 heterocycles. The van der Waals surface area contributed by atoms with Crippen LogP contribution in [0.25, 0.3) is 0 Å². The molecule has 2 aromatic rings. The second kappa shape index (κ2) is 6.09. The molecule has 0 saturated heterocycles. The summed E-state index contributed by atoms with van der Waals surface area (Å²) in [6, 6.07) is 1.76. The summed E-state index contributed by atoms with van der Waals surface area (Å²) < 4.78 is 29.6. The predicted octanol–water partition coefficient (Wildman–Crippen LogP) is 2.47. The SMILES string of the molecule is Cc1nc2n(n1)CCCC2NC(=O)N1CCc2c(F)ccc(F)c2C1. The van der Waals surface area contributed by atoms with Gasteiger partial charge in [0.1, 0.15) is 23.3 Å². The Morgan fingerprint density at radius 1 is 1.24 bits per heavy atom. The third-order valence-corrected chi connectivity index (χ3v) is 4.86. The number of nitrogens with zero attached hydrogens (tertiary/aromatic N) is 4. The average Bonchev–Trinajstić information content (AvgIpc) is 2.99. The molecule has 0 fully saturated rings. The zero-order chi connectivity index (χ0) is 17.6. The van der Waals surface area contributed by atoms with E-state index in [1.165, 1.54) is 4.90 Å². The molecular formula is C17H19F2N5O. The zero-order valence-corrected chi connectivity index (χ0v) is 13.9. The van der Waals surface area contributed by atoms with Crippen LogP contribution >= 0.6 is 0 Å². The minimum atomic E-state index is -0.470. The number of aryl methyl sites for hydroxylation is 2. The van der Waals surface area contributed by atoms with Gasteiger partial charge in [0.05, 0.1) is 12.6 Å². The third-order valence-electron chi connectivity index (χ3n) is 4.86. The van der Waals surface area contributed by atoms with E-state index in [0.717, 1.165) is 37.3 Å². The van der Waals surface area contributed by atoms with E-state index >= 15 is 0 Å². The van der Waals surface area contributed by atoms with E-state index in [1.54, 1.807) is 0 Å². The molecule has 132 valence electrons. The third kappa shape index (κ3) is 2.85. The lowest BCUT2D eigenvalue weighted by molar-refractivity contribution is 0.183. The number of amides is 2. The van der Waals surface area contributed by atoms with E-state index in [4.69, 9.17) is 0 Å². The van der Waals surface area contributed by atoms with Crippen molar-refractivity contribution in [2.24, 2.45) is 0 Å². The fraction of sp³-hybridized carbons (Fsp3) is 0.471. The topological polar surface area (TPSA) is 63.1 Å². The fourth-order valence-corrected chi connectivity index (χ4v) is 3.61. The summed E-state index contributed by atoms with van der Waals surface area (Å²) >= 11 is 0. The van der Waals surface area contributed by atoms with E-state index in [2.05, 4.69) is 15.4 Å². The minimum absolute atomic E-state index is 0.0726. The lowest BCUT2D eigenvalue weighted by atomic mass is 9.98. The Labute approximate surface area is 143 Å². The molecule has 25 heavy (non-hydrogen) atoms. The molecular weight excluding hydrogens is 328 g/mol. The summed E-state index contributed by atoms with van der Waals surface area (Å²) in [6.45, 7) is 3.05. The zero-order valence-electron chi connectivity index (χ0n) is 13.9. The number of carbonyl (C=O) groups excluding carboxylic acids is 1. The van der Waals surface area contributed by atoms with Gasteiger partial charge in [0.2, 0.25) is 0 Å². The van der Waals surface area contributed by atoms with E-state index in [0.29, 0.717) is 24.4 Å². The average molecular weight is 347 g/mol. The first-order valence-electron chi connectivity index (χ1n) is 8.45. The van der Waals surface area contributed by atoms with E-state index < -0.39 is 11.6 Å². The molecule has 0 aliphatic carbocycles. The second-order valence-corrected chi connectivity index (χ2v) is 6.54. The van der Waals surface area contributed by atoms with Crippen molar-refractivity contribution in [1.29, 1.82) is 0 Å². The first-order valence-corrected chi connectivity index (χ1v) is 8.45. The first kappa shape index (κ1) is 16.0. The molecule has 0 saturated carbocycles. The summed E-state index contributed by atoms with van der Waals surface area (Å²) in [4.78, 5) is 18.6. The van der Waals surface area contributed by atoms with Crippen LogP contribution in [0.4, 0.5) is 13.6 Å². The van der Waals surface area contributed by atoms with Gasteiger partial charge in [-0.15, -0.1) is 0 Å². The molecule has 1 aromatic heterocycles. The van der Waals surface area contributed by atoms with Crippen LogP contribution in [-0.2, 0) is 19.5 Å². The smallest absolute Gasteiger partial charge is 0.318 e. The number of nitrogens with one attached hydrogen (secondary N) is 1. The normalized spacial score (nSPS) is 19.3. The highest BCUT2D eigenvalue weighted by Crippen LogP contribution is 2.26. The Balaban J connectivity index is 1.50. The van der Waals surface area contributed by atoms with Crippen LogP contribution in [0.2, 0.25) is 0 Å². The first-order chi connectivity index (χ1) is 12.0. The van der Waals surface area contributed by atoms with Gasteiger partial charge in [-0.1, -0.05) is 0 Å². The van der Waals surface area contributed by atoms with Gasteiger partial charge in [-0.3, -0.25) is 0 Å². The predicted molar refractivity (Wildman–Crippen MR) is 85.7 cm³/mol. The highest BCUT2D eigenvalue weighted by Gasteiger charge is 2.29. The van der Waals surface area contributed by atoms with Crippen molar-refractivity contribution in [3.8, 4) is 0 Å². The highest BCUT2D eigenvalue weighted by molar-refractivity contribution is 5.75. The lowest BCUT2D eigenvalue weighted by Gasteiger charge is -2.31. The summed E-state index contributed by atoms with van der Waals surface area (Å²) in [5.74, 6) is 0.557. The van der Waals surface area contributed by atoms with Crippen molar-refractivity contribution in [3.05, 3.63) is 46.5 Å². The van der Waals surface area contributed by atoms with Crippen molar-refractivity contribution < 1.29 is 13.6 Å². The molecule has 2 amide bonds. The molecule has 1 atom stereocenters. The van der Waals surface area contributed by atoms with Gasteiger partial charge >= 0.3 is 6.03 Å². The van der Waals surface area contributed by atoms with Crippen LogP contribution in [0, 0.1) is 18.6 Å². The van der Waals surface area contributed by atoms with Crippen molar-refractivity contribution in [3.63, 3.8) is 0 Å². The quantitative estimate of drug-likeness (QED) is 0.862. The standard InChI is InChI=1S/C17H19F2N5O/c1-10-20-16-15(3-2-7-24(16)22-10)21-17(25)23-8-6-11-12(9-23)14(19)5-4-13(11)18/h4-5,15H,2-3,6-9H2,1H3,(H,21,25). The molecule has 1 unspecified atom stereocenters. The van der Waals surface area contributed by atoms with E-state index in [9.17, 15) is 13.6 Å². The number of rotatable bonds is 1. The summed E-state index contributed by atoms with van der Waals surface area (Å²) in [6.07, 6.45) is 2.01. The van der Waals surface area contributed by atoms with Crippen LogP contribution in [0.3, 0.4) is 0 Å². The Kier molecular flexibility index (Phi) is 3.89. The lowest BCUT2D eigenvalue weighted by Crippen LogP contribution is -2.45. The number of urea groups is 1. The van der Waals surface area contributed by atoms with Crippen LogP contribution < -0.4 is 5.32 Å². The molecule has 0 radical (unpaired) electrons. The van der Waals surface area contributed by atoms with Crippen LogP contribution in [0.1, 0.15) is 41.7 Å². The maximum atomic E-state index is 14.0. The van der Waals surface area contributed by atoms with Gasteiger partial charge in [-0.05, 0) is 43.9 Å². The Bertz CT molecular complexity index is 835. The maximum absolute atomic E-state index is 14.0. The Morgan fingerprint density at radius 3 is 2.80 bits per heavy atom. The van der Waals surface area contributed by atoms with Crippen LogP contribution in [0.15, 0.2) is 12.1 Å². The van der Waals surface area contributed by atoms with Gasteiger partial charge in [0, 0.05) is 18.7 Å². The number of hydrogen-bond donors (Lipinski definition) is 1. The van der Waals surface area contributed by atoms with Crippen molar-refractivity contribution in [2.45, 2.75) is 45.3 Å². The van der Waals surface area contributed by atoms with Gasteiger partial charge in [-0.25, -0.2) is 23.2 Å². The Hall–Kier alpha value is -2.51. The molecule has 1 N–H and O–H groups in total. The van der Waals surface area contributed by atoms with Gasteiger partial charge < -0.3 is 10.2 Å². The van der Waals surface area contributed by atoms with E-state index in [1.807, 2.05) is 11.6 Å². The van der Waals surface area contributed by atoms with Crippen LogP contribution in [0.5, 0.6) is 0 Å². The molecule has 1 aromatic carbocycles. The molecule has 6 nitrogen and oxygen atoms in total. The number of aromatic nitrogens is 3. The largest absolute Gasteiger partial charge is 0.328 e. The molecule has 0 spiro atoms. The van der Waals surface area contributed by atoms with Crippen molar-refractivity contribution in [2.75, 3.05) is 6.54 Å². The minimum Gasteiger partial charge on any atom is -0.328 e. The number of hydrogen-bond acceptors (Lipinski definition) is 3. The van der Waals surface area contributed by atoms with Gasteiger partial charge in [-0.2, -0.15) is 5.10 Å². The number of fused-ring (bicyclic) bond motifs is 2. The van der Waals surface area contributed by atoms with Gasteiger partial charge in [0.15, 0.2) is 0 Å². The maximum Gasteiger partial charge on any atom is 0.318 e. The number of benzene rings is 1. The Morgan fingerprint density at radius 2 is 2.00 bits per heavy atom. The summed E-state index contributed by atoms with van der Waals surface area (Å²) in [5, 5.41) is 7.29. The molecule has 2 aliphatic heterocycles. The summed E-state index contributed by atoms with van der Waals surface area (Å²) in [5.41, 5.74) is 0.640. The molecule has 8 heteroatoms. The monoisotopic (exact) mass is 347 g/mol. The molecule has 0 bridgehead atoms. The van der Waals surface area contributed by atoms with E-state index in [-0.39, 0.29) is 24.2 Å². The second-order valence-electron chi connectivity index (χ2n) is 6.54.